The van der Waals surface area contributed by atoms with Gasteiger partial charge in [-0.3, -0.25) is 14.6 Å². The number of aldehydes is 2. The van der Waals surface area contributed by atoms with Gasteiger partial charge in [-0.15, -0.1) is 0 Å². The van der Waals surface area contributed by atoms with Gasteiger partial charge in [0.05, 0.1) is 0 Å². The van der Waals surface area contributed by atoms with Crippen molar-refractivity contribution in [1.82, 2.24) is 4.98 Å². The van der Waals surface area contributed by atoms with Crippen molar-refractivity contribution in [2.75, 3.05) is 0 Å². The summed E-state index contributed by atoms with van der Waals surface area (Å²) in [6, 6.07) is 2.97. The molecule has 12 heavy (non-hydrogen) atoms. The summed E-state index contributed by atoms with van der Waals surface area (Å²) in [5, 5.41) is 0. The van der Waals surface area contributed by atoms with Gasteiger partial charge in [0.2, 0.25) is 0 Å². The molecule has 0 saturated heterocycles. The molecule has 0 aliphatic carbocycles. The first-order valence-electron chi connectivity index (χ1n) is 3.73. The summed E-state index contributed by atoms with van der Waals surface area (Å²) in [6.45, 7) is 4.00. The van der Waals surface area contributed by atoms with Gasteiger partial charge in [-0.2, -0.15) is 0 Å². The second kappa shape index (κ2) is 6.22. The van der Waals surface area contributed by atoms with Crippen molar-refractivity contribution in [1.29, 1.82) is 0 Å². The Morgan fingerprint density at radius 2 is 1.92 bits per heavy atom. The molecule has 1 heterocycles. The van der Waals surface area contributed by atoms with Crippen molar-refractivity contribution in [2.24, 2.45) is 0 Å². The van der Waals surface area contributed by atoms with Gasteiger partial charge >= 0.3 is 0 Å². The number of carbonyl (C=O) groups excluding carboxylic acids is 2. The van der Waals surface area contributed by atoms with Gasteiger partial charge in [0, 0.05) is 11.8 Å². The van der Waals surface area contributed by atoms with E-state index in [0.29, 0.717) is 18.1 Å². The highest BCUT2D eigenvalue weighted by molar-refractivity contribution is 5.79. The van der Waals surface area contributed by atoms with Crippen LogP contribution in [0.2, 0.25) is 0 Å². The van der Waals surface area contributed by atoms with Crippen molar-refractivity contribution in [3.05, 3.63) is 29.6 Å². The maximum Gasteiger partial charge on any atom is 0.168 e. The van der Waals surface area contributed by atoms with Crippen LogP contribution in [0.3, 0.4) is 0 Å². The highest BCUT2D eigenvalue weighted by Crippen LogP contribution is 1.94. The SMILES string of the molecule is CC.O=Cc1ccnc(C=O)c1. The van der Waals surface area contributed by atoms with Crippen LogP contribution >= 0.6 is 0 Å². The summed E-state index contributed by atoms with van der Waals surface area (Å²) >= 11 is 0. The fraction of sp³-hybridized carbons (Fsp3) is 0.222. The number of rotatable bonds is 2. The molecule has 0 spiro atoms. The van der Waals surface area contributed by atoms with E-state index < -0.39 is 0 Å². The summed E-state index contributed by atoms with van der Waals surface area (Å²) < 4.78 is 0. The van der Waals surface area contributed by atoms with E-state index in [1.54, 1.807) is 6.07 Å². The predicted octanol–water partition coefficient (Wildman–Crippen LogP) is 1.73. The Kier molecular flexibility index (Phi) is 5.43. The van der Waals surface area contributed by atoms with E-state index >= 15 is 0 Å². The first-order valence-corrected chi connectivity index (χ1v) is 3.73. The molecule has 64 valence electrons. The van der Waals surface area contributed by atoms with Crippen LogP contribution < -0.4 is 0 Å². The van der Waals surface area contributed by atoms with Crippen LogP contribution in [0, 0.1) is 0 Å². The highest BCUT2D eigenvalue weighted by atomic mass is 16.1. The van der Waals surface area contributed by atoms with Gasteiger partial charge in [0.15, 0.2) is 6.29 Å². The fourth-order valence-electron chi connectivity index (χ4n) is 0.603. The maximum atomic E-state index is 10.1. The highest BCUT2D eigenvalue weighted by Gasteiger charge is 1.91. The molecule has 1 aromatic heterocycles. The summed E-state index contributed by atoms with van der Waals surface area (Å²) in [6.07, 6.45) is 2.70. The number of pyridine rings is 1. The third kappa shape index (κ3) is 3.05. The van der Waals surface area contributed by atoms with E-state index in [4.69, 9.17) is 0 Å². The molecule has 1 aromatic rings. The average molecular weight is 165 g/mol. The van der Waals surface area contributed by atoms with Crippen LogP contribution in [0.15, 0.2) is 18.3 Å². The van der Waals surface area contributed by atoms with Crippen LogP contribution in [-0.2, 0) is 0 Å². The third-order valence-electron chi connectivity index (χ3n) is 1.06. The van der Waals surface area contributed by atoms with E-state index in [-0.39, 0.29) is 5.69 Å². The number of carbonyl (C=O) groups is 2. The van der Waals surface area contributed by atoms with E-state index in [9.17, 15) is 9.59 Å². The summed E-state index contributed by atoms with van der Waals surface area (Å²) in [7, 11) is 0. The summed E-state index contributed by atoms with van der Waals surface area (Å²) in [4.78, 5) is 23.9. The molecule has 0 saturated carbocycles. The fourth-order valence-corrected chi connectivity index (χ4v) is 0.603. The Hall–Kier alpha value is -1.51. The van der Waals surface area contributed by atoms with Crippen LogP contribution in [-0.4, -0.2) is 17.6 Å². The molecule has 0 amide bonds. The first-order chi connectivity index (χ1) is 5.86. The Labute approximate surface area is 71.4 Å². The summed E-state index contributed by atoms with van der Waals surface area (Å²) in [5.41, 5.74) is 0.752. The second-order valence-corrected chi connectivity index (χ2v) is 1.75. The van der Waals surface area contributed by atoms with Crippen LogP contribution in [0.5, 0.6) is 0 Å². The minimum absolute atomic E-state index is 0.282. The zero-order chi connectivity index (χ0) is 9.40. The van der Waals surface area contributed by atoms with Crippen LogP contribution in [0.1, 0.15) is 34.7 Å². The quantitative estimate of drug-likeness (QED) is 0.627. The Balaban J connectivity index is 0.000000561. The normalized spacial score (nSPS) is 7.83. The van der Waals surface area contributed by atoms with Crippen LogP contribution in [0.25, 0.3) is 0 Å². The van der Waals surface area contributed by atoms with E-state index in [1.807, 2.05) is 13.8 Å². The largest absolute Gasteiger partial charge is 0.298 e. The molecule has 3 heteroatoms. The van der Waals surface area contributed by atoms with E-state index in [1.165, 1.54) is 12.3 Å². The molecule has 0 aliphatic rings. The second-order valence-electron chi connectivity index (χ2n) is 1.75. The smallest absolute Gasteiger partial charge is 0.168 e. The molecular formula is C9H11NO2. The van der Waals surface area contributed by atoms with Crippen molar-refractivity contribution >= 4 is 12.6 Å². The molecule has 0 N–H and O–H groups in total. The van der Waals surface area contributed by atoms with E-state index in [0.717, 1.165) is 0 Å². The van der Waals surface area contributed by atoms with Gasteiger partial charge in [-0.05, 0) is 12.1 Å². The monoisotopic (exact) mass is 165 g/mol. The minimum atomic E-state index is 0.282. The molecular weight excluding hydrogens is 154 g/mol. The first kappa shape index (κ1) is 10.5. The Morgan fingerprint density at radius 1 is 1.25 bits per heavy atom. The topological polar surface area (TPSA) is 47.0 Å². The molecule has 0 unspecified atom stereocenters. The van der Waals surface area contributed by atoms with Crippen LogP contribution in [0.4, 0.5) is 0 Å². The van der Waals surface area contributed by atoms with E-state index in [2.05, 4.69) is 4.98 Å². The zero-order valence-corrected chi connectivity index (χ0v) is 7.15. The van der Waals surface area contributed by atoms with Gasteiger partial charge < -0.3 is 0 Å². The average Bonchev–Trinajstić information content (AvgIpc) is 2.21. The van der Waals surface area contributed by atoms with Crippen molar-refractivity contribution in [3.8, 4) is 0 Å². The molecule has 0 aromatic carbocycles. The molecule has 1 rings (SSSR count). The molecule has 0 atom stereocenters. The lowest BCUT2D eigenvalue weighted by Crippen LogP contribution is -1.87. The summed E-state index contributed by atoms with van der Waals surface area (Å²) in [5.74, 6) is 0. The number of hydrogen-bond donors (Lipinski definition) is 0. The standard InChI is InChI=1S/C7H5NO2.C2H6/c9-4-6-1-2-8-7(3-6)5-10;1-2/h1-5H;1-2H3. The molecule has 0 bridgehead atoms. The maximum absolute atomic E-state index is 10.1. The molecule has 0 fully saturated rings. The van der Waals surface area contributed by atoms with Gasteiger partial charge in [0.25, 0.3) is 0 Å². The lowest BCUT2D eigenvalue weighted by atomic mass is 10.2. The van der Waals surface area contributed by atoms with Gasteiger partial charge in [-0.25, -0.2) is 0 Å². The van der Waals surface area contributed by atoms with Crippen molar-refractivity contribution in [3.63, 3.8) is 0 Å². The number of nitrogens with zero attached hydrogens (tertiary/aromatic N) is 1. The minimum Gasteiger partial charge on any atom is -0.298 e. The lowest BCUT2D eigenvalue weighted by molar-refractivity contribution is 0.111. The van der Waals surface area contributed by atoms with Gasteiger partial charge in [0.1, 0.15) is 12.0 Å². The lowest BCUT2D eigenvalue weighted by Gasteiger charge is -1.88. The van der Waals surface area contributed by atoms with Gasteiger partial charge in [-0.1, -0.05) is 13.8 Å². The Bertz CT molecular complexity index is 235. The third-order valence-corrected chi connectivity index (χ3v) is 1.06. The zero-order valence-electron chi connectivity index (χ0n) is 7.15. The molecule has 0 radical (unpaired) electrons. The number of hydrogen-bond acceptors (Lipinski definition) is 3. The molecule has 0 aliphatic heterocycles. The number of aromatic nitrogens is 1. The Morgan fingerprint density at radius 3 is 2.42 bits per heavy atom. The molecule has 3 nitrogen and oxygen atoms in total. The van der Waals surface area contributed by atoms with Crippen molar-refractivity contribution < 1.29 is 9.59 Å². The predicted molar refractivity (Wildman–Crippen MR) is 46.4 cm³/mol. The van der Waals surface area contributed by atoms with Crippen molar-refractivity contribution in [2.45, 2.75) is 13.8 Å².